The minimum atomic E-state index is -0.417. The summed E-state index contributed by atoms with van der Waals surface area (Å²) in [7, 11) is 0. The zero-order valence-corrected chi connectivity index (χ0v) is 6.62. The van der Waals surface area contributed by atoms with Gasteiger partial charge in [0.1, 0.15) is 0 Å². The molecule has 11 heavy (non-hydrogen) atoms. The van der Waals surface area contributed by atoms with Gasteiger partial charge in [0.25, 0.3) is 0 Å². The molecule has 4 N–H and O–H groups in total. The normalized spacial score (nSPS) is 28.4. The van der Waals surface area contributed by atoms with Crippen LogP contribution in [0.3, 0.4) is 0 Å². The van der Waals surface area contributed by atoms with Gasteiger partial charge < -0.3 is 20.9 Å². The number of hydrogen-bond acceptors (Lipinski definition) is 4. The molecule has 1 aliphatic heterocycles. The van der Waals surface area contributed by atoms with E-state index in [-0.39, 0.29) is 6.10 Å². The highest BCUT2D eigenvalue weighted by atomic mass is 16.5. The number of aliphatic hydroxyl groups excluding tert-OH is 1. The highest BCUT2D eigenvalue weighted by Crippen LogP contribution is 2.03. The summed E-state index contributed by atoms with van der Waals surface area (Å²) in [5.74, 6) is 0. The van der Waals surface area contributed by atoms with Crippen LogP contribution >= 0.6 is 0 Å². The van der Waals surface area contributed by atoms with Crippen LogP contribution in [0.5, 0.6) is 0 Å². The Bertz CT molecular complexity index is 105. The first kappa shape index (κ1) is 8.93. The van der Waals surface area contributed by atoms with Crippen molar-refractivity contribution < 1.29 is 9.84 Å². The summed E-state index contributed by atoms with van der Waals surface area (Å²) in [4.78, 5) is 0. The van der Waals surface area contributed by atoms with Gasteiger partial charge in [0.15, 0.2) is 0 Å². The summed E-state index contributed by atoms with van der Waals surface area (Å²) in [6.45, 7) is 2.80. The third-order valence-corrected chi connectivity index (χ3v) is 1.81. The molecule has 1 aliphatic rings. The summed E-state index contributed by atoms with van der Waals surface area (Å²) in [6.07, 6.45) is 0.367. The Morgan fingerprint density at radius 2 is 2.55 bits per heavy atom. The quantitative estimate of drug-likeness (QED) is 0.479. The number of nitrogens with one attached hydrogen (secondary N) is 1. The lowest BCUT2D eigenvalue weighted by Crippen LogP contribution is -2.41. The van der Waals surface area contributed by atoms with Crippen LogP contribution in [0.4, 0.5) is 0 Å². The van der Waals surface area contributed by atoms with E-state index in [1.165, 1.54) is 0 Å². The molecular weight excluding hydrogens is 144 g/mol. The van der Waals surface area contributed by atoms with E-state index in [2.05, 4.69) is 5.32 Å². The van der Waals surface area contributed by atoms with E-state index in [4.69, 9.17) is 10.5 Å². The number of aliphatic hydroxyl groups is 1. The molecule has 1 fully saturated rings. The third kappa shape index (κ3) is 3.16. The van der Waals surface area contributed by atoms with Crippen LogP contribution in [-0.2, 0) is 4.74 Å². The van der Waals surface area contributed by atoms with Crippen LogP contribution in [0, 0.1) is 0 Å². The molecule has 2 atom stereocenters. The average Bonchev–Trinajstić information content (AvgIpc) is 2.06. The van der Waals surface area contributed by atoms with E-state index in [0.717, 1.165) is 19.7 Å². The highest BCUT2D eigenvalue weighted by molar-refractivity contribution is 4.71. The van der Waals surface area contributed by atoms with Gasteiger partial charge in [-0.15, -0.1) is 0 Å². The Kier molecular flexibility index (Phi) is 3.79. The fraction of sp³-hybridized carbons (Fsp3) is 1.00. The van der Waals surface area contributed by atoms with Gasteiger partial charge in [0.2, 0.25) is 0 Å². The molecular formula is C7H16N2O2. The molecule has 4 nitrogen and oxygen atoms in total. The highest BCUT2D eigenvalue weighted by Gasteiger charge is 2.16. The van der Waals surface area contributed by atoms with E-state index in [1.807, 2.05) is 0 Å². The Balaban J connectivity index is 2.13. The van der Waals surface area contributed by atoms with Gasteiger partial charge in [-0.05, 0) is 0 Å². The lowest BCUT2D eigenvalue weighted by Gasteiger charge is -2.25. The SMILES string of the molecule is NCC(O)CC1CNCCO1. The summed E-state index contributed by atoms with van der Waals surface area (Å²) in [6, 6.07) is 0. The van der Waals surface area contributed by atoms with Crippen LogP contribution in [0.1, 0.15) is 6.42 Å². The van der Waals surface area contributed by atoms with Crippen molar-refractivity contribution in [3.8, 4) is 0 Å². The van der Waals surface area contributed by atoms with Crippen molar-refractivity contribution in [3.05, 3.63) is 0 Å². The Labute approximate surface area is 66.7 Å². The van der Waals surface area contributed by atoms with Gasteiger partial charge in [-0.1, -0.05) is 0 Å². The zero-order chi connectivity index (χ0) is 8.10. The van der Waals surface area contributed by atoms with Crippen LogP contribution in [-0.4, -0.2) is 43.6 Å². The van der Waals surface area contributed by atoms with Crippen LogP contribution < -0.4 is 11.1 Å². The number of morpholine rings is 1. The molecule has 0 aromatic heterocycles. The largest absolute Gasteiger partial charge is 0.392 e. The van der Waals surface area contributed by atoms with Crippen LogP contribution in [0.2, 0.25) is 0 Å². The molecule has 1 rings (SSSR count). The molecule has 0 spiro atoms. The first-order valence-corrected chi connectivity index (χ1v) is 4.03. The summed E-state index contributed by atoms with van der Waals surface area (Å²) in [5.41, 5.74) is 5.26. The fourth-order valence-corrected chi connectivity index (χ4v) is 1.17. The van der Waals surface area contributed by atoms with Gasteiger partial charge in [-0.2, -0.15) is 0 Å². The van der Waals surface area contributed by atoms with Gasteiger partial charge in [-0.3, -0.25) is 0 Å². The molecule has 2 unspecified atom stereocenters. The van der Waals surface area contributed by atoms with Crippen molar-refractivity contribution in [2.24, 2.45) is 5.73 Å². The van der Waals surface area contributed by atoms with Gasteiger partial charge in [0, 0.05) is 26.1 Å². The summed E-state index contributed by atoms with van der Waals surface area (Å²) in [5, 5.41) is 12.4. The van der Waals surface area contributed by atoms with Crippen molar-refractivity contribution in [1.82, 2.24) is 5.32 Å². The Morgan fingerprint density at radius 1 is 1.73 bits per heavy atom. The minimum Gasteiger partial charge on any atom is -0.392 e. The van der Waals surface area contributed by atoms with Crippen molar-refractivity contribution in [3.63, 3.8) is 0 Å². The maximum atomic E-state index is 9.18. The number of ether oxygens (including phenoxy) is 1. The maximum absolute atomic E-state index is 9.18. The van der Waals surface area contributed by atoms with Gasteiger partial charge in [-0.25, -0.2) is 0 Å². The predicted molar refractivity (Wildman–Crippen MR) is 42.3 cm³/mol. The van der Waals surface area contributed by atoms with Crippen molar-refractivity contribution in [1.29, 1.82) is 0 Å². The molecule has 0 saturated carbocycles. The fourth-order valence-electron chi connectivity index (χ4n) is 1.17. The lowest BCUT2D eigenvalue weighted by molar-refractivity contribution is -0.00267. The molecule has 1 heterocycles. The molecule has 0 aliphatic carbocycles. The van der Waals surface area contributed by atoms with Crippen LogP contribution in [0.25, 0.3) is 0 Å². The maximum Gasteiger partial charge on any atom is 0.0725 e. The summed E-state index contributed by atoms with van der Waals surface area (Å²) >= 11 is 0. The number of nitrogens with two attached hydrogens (primary N) is 1. The van der Waals surface area contributed by atoms with E-state index in [0.29, 0.717) is 13.0 Å². The van der Waals surface area contributed by atoms with Crippen molar-refractivity contribution in [2.45, 2.75) is 18.6 Å². The second kappa shape index (κ2) is 4.66. The molecule has 0 aromatic rings. The Hall–Kier alpha value is -0.160. The Morgan fingerprint density at radius 3 is 3.09 bits per heavy atom. The molecule has 1 saturated heterocycles. The van der Waals surface area contributed by atoms with E-state index in [1.54, 1.807) is 0 Å². The number of rotatable bonds is 3. The second-order valence-corrected chi connectivity index (χ2v) is 2.82. The predicted octanol–water partition coefficient (Wildman–Crippen LogP) is -1.32. The van der Waals surface area contributed by atoms with Gasteiger partial charge >= 0.3 is 0 Å². The van der Waals surface area contributed by atoms with E-state index in [9.17, 15) is 5.11 Å². The van der Waals surface area contributed by atoms with Crippen LogP contribution in [0.15, 0.2) is 0 Å². The molecule has 0 aromatic carbocycles. The molecule has 0 bridgehead atoms. The first-order chi connectivity index (χ1) is 5.33. The standard InChI is InChI=1S/C7H16N2O2/c8-4-6(10)3-7-5-9-1-2-11-7/h6-7,9-10H,1-5,8H2. The number of hydrogen-bond donors (Lipinski definition) is 3. The topological polar surface area (TPSA) is 67.5 Å². The van der Waals surface area contributed by atoms with Gasteiger partial charge in [0.05, 0.1) is 18.8 Å². The third-order valence-electron chi connectivity index (χ3n) is 1.81. The van der Waals surface area contributed by atoms with Crippen molar-refractivity contribution >= 4 is 0 Å². The molecule has 0 radical (unpaired) electrons. The summed E-state index contributed by atoms with van der Waals surface area (Å²) < 4.78 is 5.37. The van der Waals surface area contributed by atoms with E-state index < -0.39 is 6.10 Å². The molecule has 66 valence electrons. The zero-order valence-electron chi connectivity index (χ0n) is 6.62. The minimum absolute atomic E-state index is 0.141. The van der Waals surface area contributed by atoms with Crippen molar-refractivity contribution in [2.75, 3.05) is 26.2 Å². The molecule has 4 heteroatoms. The van der Waals surface area contributed by atoms with E-state index >= 15 is 0 Å². The first-order valence-electron chi connectivity index (χ1n) is 4.03. The second-order valence-electron chi connectivity index (χ2n) is 2.82. The molecule has 0 amide bonds. The monoisotopic (exact) mass is 160 g/mol. The smallest absolute Gasteiger partial charge is 0.0725 e. The average molecular weight is 160 g/mol. The lowest BCUT2D eigenvalue weighted by atomic mass is 10.1.